The number of pyridine rings is 1. The molecule has 1 aliphatic heterocycles. The second-order valence-corrected chi connectivity index (χ2v) is 9.04. The minimum atomic E-state index is -0.332. The number of piperidine rings is 1. The fourth-order valence-electron chi connectivity index (χ4n) is 5.16. The zero-order valence-corrected chi connectivity index (χ0v) is 19.7. The number of rotatable bonds is 5. The van der Waals surface area contributed by atoms with Crippen LogP contribution in [0.4, 0.5) is 5.95 Å². The standard InChI is InChI=1S/C25H27N5O5/c1-34-15-3-4-16(20(11-15)35-2)14-9-17-18(19(31)10-14)12-27-23-21(17)24(33)29-25(28-23)30-7-5-13(6-8-30)22(26)32/h3-4,11-14H,5-10H2,1-2H3,(H2,26,32)(H,27,28,29,33)/t14-/m0/s1. The highest BCUT2D eigenvalue weighted by Gasteiger charge is 2.32. The van der Waals surface area contributed by atoms with E-state index in [0.29, 0.717) is 78.4 Å². The molecule has 10 heteroatoms. The first-order chi connectivity index (χ1) is 16.9. The lowest BCUT2D eigenvalue weighted by molar-refractivity contribution is -0.122. The van der Waals surface area contributed by atoms with E-state index >= 15 is 0 Å². The molecule has 1 saturated heterocycles. The number of hydrogen-bond acceptors (Lipinski definition) is 8. The lowest BCUT2D eigenvalue weighted by Gasteiger charge is -2.31. The molecular weight excluding hydrogens is 450 g/mol. The summed E-state index contributed by atoms with van der Waals surface area (Å²) in [6, 6.07) is 5.53. The average Bonchev–Trinajstić information content (AvgIpc) is 2.87. The Morgan fingerprint density at radius 3 is 2.60 bits per heavy atom. The Hall–Kier alpha value is -3.95. The number of Topliss-reactive ketones (excluding diaryl/α,β-unsaturated/α-hetero) is 1. The normalized spacial score (nSPS) is 18.4. The van der Waals surface area contributed by atoms with Gasteiger partial charge in [-0.05, 0) is 42.4 Å². The third kappa shape index (κ3) is 4.09. The quantitative estimate of drug-likeness (QED) is 0.568. The van der Waals surface area contributed by atoms with Crippen LogP contribution in [0.1, 0.15) is 46.7 Å². The highest BCUT2D eigenvalue weighted by Crippen LogP contribution is 2.39. The smallest absolute Gasteiger partial charge is 0.262 e. The van der Waals surface area contributed by atoms with E-state index in [1.807, 2.05) is 17.0 Å². The second kappa shape index (κ2) is 9.01. The van der Waals surface area contributed by atoms with E-state index in [0.717, 1.165) is 5.56 Å². The fraction of sp³-hybridized carbons (Fsp3) is 0.400. The number of H-pyrrole nitrogens is 1. The molecule has 182 valence electrons. The lowest BCUT2D eigenvalue weighted by atomic mass is 9.79. The molecule has 1 aromatic carbocycles. The van der Waals surface area contributed by atoms with Crippen LogP contribution in [-0.2, 0) is 11.2 Å². The molecular formula is C25H27N5O5. The molecule has 0 saturated carbocycles. The third-order valence-electron chi connectivity index (χ3n) is 7.09. The number of nitrogens with one attached hydrogen (secondary N) is 1. The largest absolute Gasteiger partial charge is 0.497 e. The molecule has 1 aliphatic carbocycles. The van der Waals surface area contributed by atoms with Gasteiger partial charge in [-0.3, -0.25) is 19.4 Å². The van der Waals surface area contributed by atoms with Gasteiger partial charge in [0.15, 0.2) is 11.4 Å². The van der Waals surface area contributed by atoms with Crippen LogP contribution < -0.4 is 25.7 Å². The fourth-order valence-corrected chi connectivity index (χ4v) is 5.16. The molecule has 3 N–H and O–H groups in total. The summed E-state index contributed by atoms with van der Waals surface area (Å²) in [5.41, 5.74) is 7.40. The van der Waals surface area contributed by atoms with Gasteiger partial charge in [-0.15, -0.1) is 0 Å². The van der Waals surface area contributed by atoms with Crippen LogP contribution in [0.15, 0.2) is 29.2 Å². The summed E-state index contributed by atoms with van der Waals surface area (Å²) in [6.07, 6.45) is 3.51. The highest BCUT2D eigenvalue weighted by molar-refractivity contribution is 6.02. The van der Waals surface area contributed by atoms with Gasteiger partial charge in [0.25, 0.3) is 5.56 Å². The molecule has 5 rings (SSSR count). The number of carbonyl (C=O) groups excluding carboxylic acids is 2. The van der Waals surface area contributed by atoms with Gasteiger partial charge >= 0.3 is 0 Å². The van der Waals surface area contributed by atoms with Gasteiger partial charge in [-0.1, -0.05) is 6.07 Å². The number of benzene rings is 1. The SMILES string of the molecule is COc1ccc([C@@H]2CC(=O)c3cnc4nc(N5CCC(C(N)=O)CC5)[nH]c(=O)c4c3C2)c(OC)c1. The van der Waals surface area contributed by atoms with E-state index in [-0.39, 0.29) is 29.1 Å². The molecule has 10 nitrogen and oxygen atoms in total. The number of methoxy groups -OCH3 is 2. The first kappa shape index (κ1) is 22.8. The second-order valence-electron chi connectivity index (χ2n) is 9.04. The zero-order valence-electron chi connectivity index (χ0n) is 19.7. The topological polar surface area (TPSA) is 140 Å². The van der Waals surface area contributed by atoms with Crippen molar-refractivity contribution < 1.29 is 19.1 Å². The zero-order chi connectivity index (χ0) is 24.7. The van der Waals surface area contributed by atoms with Gasteiger partial charge in [-0.25, -0.2) is 4.98 Å². The van der Waals surface area contributed by atoms with Gasteiger partial charge in [-0.2, -0.15) is 4.98 Å². The molecule has 0 spiro atoms. The van der Waals surface area contributed by atoms with Gasteiger partial charge in [0, 0.05) is 43.3 Å². The number of amides is 1. The van der Waals surface area contributed by atoms with Crippen LogP contribution >= 0.6 is 0 Å². The summed E-state index contributed by atoms with van der Waals surface area (Å²) >= 11 is 0. The Balaban J connectivity index is 1.51. The summed E-state index contributed by atoms with van der Waals surface area (Å²) in [7, 11) is 3.17. The molecule has 2 aromatic heterocycles. The predicted octanol–water partition coefficient (Wildman–Crippen LogP) is 1.95. The minimum Gasteiger partial charge on any atom is -0.497 e. The molecule has 35 heavy (non-hydrogen) atoms. The van der Waals surface area contributed by atoms with E-state index in [1.54, 1.807) is 20.3 Å². The number of ether oxygens (including phenoxy) is 2. The molecule has 2 aliphatic rings. The maximum absolute atomic E-state index is 13.3. The van der Waals surface area contributed by atoms with Crippen molar-refractivity contribution in [2.45, 2.75) is 31.6 Å². The summed E-state index contributed by atoms with van der Waals surface area (Å²) in [5, 5.41) is 0.337. The highest BCUT2D eigenvalue weighted by atomic mass is 16.5. The number of carbonyl (C=O) groups is 2. The number of primary amides is 1. The van der Waals surface area contributed by atoms with Crippen molar-refractivity contribution in [3.05, 3.63) is 51.4 Å². The monoisotopic (exact) mass is 477 g/mol. The van der Waals surface area contributed by atoms with Gasteiger partial charge in [0.2, 0.25) is 11.9 Å². The van der Waals surface area contributed by atoms with Gasteiger partial charge in [0.05, 0.1) is 19.6 Å². The van der Waals surface area contributed by atoms with E-state index in [4.69, 9.17) is 15.2 Å². The van der Waals surface area contributed by atoms with Crippen molar-refractivity contribution in [3.63, 3.8) is 0 Å². The van der Waals surface area contributed by atoms with Crippen molar-refractivity contribution in [2.24, 2.45) is 11.7 Å². The van der Waals surface area contributed by atoms with Crippen molar-refractivity contribution in [2.75, 3.05) is 32.2 Å². The summed E-state index contributed by atoms with van der Waals surface area (Å²) in [5.74, 6) is 1.02. The maximum atomic E-state index is 13.3. The van der Waals surface area contributed by atoms with Crippen LogP contribution in [0.5, 0.6) is 11.5 Å². The Labute approximate surface area is 201 Å². The molecule has 1 fully saturated rings. The molecule has 1 atom stereocenters. The summed E-state index contributed by atoms with van der Waals surface area (Å²) < 4.78 is 10.9. The lowest BCUT2D eigenvalue weighted by Crippen LogP contribution is -2.40. The first-order valence-electron chi connectivity index (χ1n) is 11.6. The van der Waals surface area contributed by atoms with E-state index in [1.165, 1.54) is 6.20 Å². The van der Waals surface area contributed by atoms with Crippen LogP contribution in [0.25, 0.3) is 11.0 Å². The van der Waals surface area contributed by atoms with E-state index < -0.39 is 0 Å². The number of nitrogens with two attached hydrogens (primary N) is 1. The van der Waals surface area contributed by atoms with Crippen molar-refractivity contribution in [1.82, 2.24) is 15.0 Å². The number of fused-ring (bicyclic) bond motifs is 3. The molecule has 1 amide bonds. The minimum absolute atomic E-state index is 0.0690. The Kier molecular flexibility index (Phi) is 5.88. The average molecular weight is 478 g/mol. The van der Waals surface area contributed by atoms with Crippen molar-refractivity contribution >= 4 is 28.7 Å². The predicted molar refractivity (Wildman–Crippen MR) is 129 cm³/mol. The van der Waals surface area contributed by atoms with Crippen LogP contribution in [0.3, 0.4) is 0 Å². The Morgan fingerprint density at radius 1 is 1.14 bits per heavy atom. The number of nitrogens with zero attached hydrogens (tertiary/aromatic N) is 3. The number of anilines is 1. The van der Waals surface area contributed by atoms with Crippen LogP contribution in [-0.4, -0.2) is 54.0 Å². The molecule has 0 unspecified atom stereocenters. The Morgan fingerprint density at radius 2 is 1.91 bits per heavy atom. The van der Waals surface area contributed by atoms with Crippen molar-refractivity contribution in [1.29, 1.82) is 0 Å². The van der Waals surface area contributed by atoms with Gasteiger partial charge < -0.3 is 20.1 Å². The third-order valence-corrected chi connectivity index (χ3v) is 7.09. The number of aromatic nitrogens is 3. The van der Waals surface area contributed by atoms with Crippen LogP contribution in [0, 0.1) is 5.92 Å². The molecule has 3 aromatic rings. The number of aromatic amines is 1. The number of hydrogen-bond donors (Lipinski definition) is 2. The van der Waals surface area contributed by atoms with Crippen LogP contribution in [0.2, 0.25) is 0 Å². The van der Waals surface area contributed by atoms with E-state index in [9.17, 15) is 14.4 Å². The first-order valence-corrected chi connectivity index (χ1v) is 11.6. The van der Waals surface area contributed by atoms with E-state index in [2.05, 4.69) is 15.0 Å². The maximum Gasteiger partial charge on any atom is 0.262 e. The van der Waals surface area contributed by atoms with Crippen molar-refractivity contribution in [3.8, 4) is 11.5 Å². The van der Waals surface area contributed by atoms with Gasteiger partial charge in [0.1, 0.15) is 11.5 Å². The molecule has 3 heterocycles. The molecule has 0 radical (unpaired) electrons. The number of ketones is 1. The molecule has 0 bridgehead atoms. The summed E-state index contributed by atoms with van der Waals surface area (Å²) in [4.78, 5) is 51.6. The Bertz CT molecular complexity index is 1380. The summed E-state index contributed by atoms with van der Waals surface area (Å²) in [6.45, 7) is 1.12.